The molecule has 0 radical (unpaired) electrons. The van der Waals surface area contributed by atoms with Gasteiger partial charge in [0.15, 0.2) is 0 Å². The van der Waals surface area contributed by atoms with Gasteiger partial charge in [-0.3, -0.25) is 0 Å². The first kappa shape index (κ1) is 14.7. The molecule has 0 aliphatic heterocycles. The fraction of sp³-hybridized carbons (Fsp3) is 1.00. The largest absolute Gasteiger partial charge is 0.307 e. The molecule has 106 valence electrons. The highest BCUT2D eigenvalue weighted by atomic mass is 35.5. The second-order valence-electron chi connectivity index (χ2n) is 7.77. The van der Waals surface area contributed by atoms with Gasteiger partial charge in [0.2, 0.25) is 0 Å². The zero-order chi connectivity index (χ0) is 12.0. The van der Waals surface area contributed by atoms with Crippen LogP contribution >= 0.6 is 12.4 Å². The average Bonchev–Trinajstić information content (AvgIpc) is 2.24. The van der Waals surface area contributed by atoms with Gasteiger partial charge in [0, 0.05) is 6.04 Å². The molecule has 4 saturated carbocycles. The minimum Gasteiger partial charge on any atom is -0.307 e. The Balaban J connectivity index is 0.00000120. The summed E-state index contributed by atoms with van der Waals surface area (Å²) in [6.45, 7) is 2.39. The Kier molecular flexibility index (Phi) is 4.33. The lowest BCUT2D eigenvalue weighted by Gasteiger charge is -2.57. The minimum atomic E-state index is 0. The molecule has 1 atom stereocenters. The van der Waals surface area contributed by atoms with E-state index in [1.807, 2.05) is 0 Å². The first-order valence-corrected chi connectivity index (χ1v) is 7.73. The Hall–Kier alpha value is 0.250. The average molecular weight is 272 g/mol. The molecule has 0 aromatic rings. The number of halogens is 1. The molecule has 1 unspecified atom stereocenters. The van der Waals surface area contributed by atoms with E-state index in [1.54, 1.807) is 38.5 Å². The van der Waals surface area contributed by atoms with Crippen molar-refractivity contribution in [3.05, 3.63) is 0 Å². The summed E-state index contributed by atoms with van der Waals surface area (Å²) in [7, 11) is 4.45. The van der Waals surface area contributed by atoms with E-state index in [2.05, 4.69) is 25.9 Å². The third-order valence-electron chi connectivity index (χ3n) is 6.14. The van der Waals surface area contributed by atoms with Gasteiger partial charge in [0.25, 0.3) is 0 Å². The fourth-order valence-electron chi connectivity index (χ4n) is 5.37. The topological polar surface area (TPSA) is 3.24 Å². The number of hydrogen-bond donors (Lipinski definition) is 0. The van der Waals surface area contributed by atoms with Crippen LogP contribution < -0.4 is 0 Å². The molecular formula is C16H30ClN. The van der Waals surface area contributed by atoms with Crippen LogP contribution in [0.4, 0.5) is 0 Å². The molecule has 2 heteroatoms. The molecule has 4 aliphatic carbocycles. The van der Waals surface area contributed by atoms with E-state index in [4.69, 9.17) is 0 Å². The third kappa shape index (κ3) is 2.72. The zero-order valence-corrected chi connectivity index (χ0v) is 13.1. The maximum atomic E-state index is 2.39. The molecule has 0 saturated heterocycles. The van der Waals surface area contributed by atoms with Gasteiger partial charge >= 0.3 is 0 Å². The van der Waals surface area contributed by atoms with Gasteiger partial charge < -0.3 is 4.90 Å². The molecule has 4 bridgehead atoms. The molecule has 0 aromatic heterocycles. The molecule has 0 heterocycles. The Labute approximate surface area is 119 Å². The Morgan fingerprint density at radius 3 is 1.83 bits per heavy atom. The normalized spacial score (nSPS) is 43.0. The van der Waals surface area contributed by atoms with Gasteiger partial charge in [-0.2, -0.15) is 0 Å². The third-order valence-corrected chi connectivity index (χ3v) is 6.14. The van der Waals surface area contributed by atoms with Crippen LogP contribution in [0, 0.1) is 23.2 Å². The maximum absolute atomic E-state index is 2.39. The predicted molar refractivity (Wildman–Crippen MR) is 80.2 cm³/mol. The predicted octanol–water partition coefficient (Wildman–Crippen LogP) is 4.35. The van der Waals surface area contributed by atoms with Crippen LogP contribution in [0.1, 0.15) is 58.3 Å². The Bertz CT molecular complexity index is 252. The van der Waals surface area contributed by atoms with Crippen molar-refractivity contribution in [1.29, 1.82) is 0 Å². The van der Waals surface area contributed by atoms with Crippen molar-refractivity contribution in [2.24, 2.45) is 23.2 Å². The monoisotopic (exact) mass is 271 g/mol. The number of rotatable bonds is 4. The number of hydrogen-bond acceptors (Lipinski definition) is 1. The highest BCUT2D eigenvalue weighted by molar-refractivity contribution is 5.85. The van der Waals surface area contributed by atoms with Crippen molar-refractivity contribution in [2.45, 2.75) is 64.3 Å². The second-order valence-corrected chi connectivity index (χ2v) is 7.77. The van der Waals surface area contributed by atoms with Crippen LogP contribution in [0.5, 0.6) is 0 Å². The molecule has 0 amide bonds. The standard InChI is InChI=1S/C16H29N.ClH/c1-12(17(2)3)4-5-16-9-13-6-14(10-16)8-15(7-13)11-16;/h12-15H,4-11H2,1-3H3;1H. The molecule has 4 rings (SSSR count). The van der Waals surface area contributed by atoms with Crippen LogP contribution in [0.3, 0.4) is 0 Å². The van der Waals surface area contributed by atoms with Crippen molar-refractivity contribution < 1.29 is 0 Å². The first-order valence-electron chi connectivity index (χ1n) is 7.73. The fourth-order valence-corrected chi connectivity index (χ4v) is 5.37. The molecule has 1 nitrogen and oxygen atoms in total. The lowest BCUT2D eigenvalue weighted by Crippen LogP contribution is -2.46. The summed E-state index contributed by atoms with van der Waals surface area (Å²) in [5.74, 6) is 3.36. The van der Waals surface area contributed by atoms with Crippen LogP contribution in [0.2, 0.25) is 0 Å². The summed E-state index contributed by atoms with van der Waals surface area (Å²) < 4.78 is 0. The van der Waals surface area contributed by atoms with Crippen molar-refractivity contribution in [2.75, 3.05) is 14.1 Å². The Morgan fingerprint density at radius 1 is 1.00 bits per heavy atom. The summed E-state index contributed by atoms with van der Waals surface area (Å²) in [6, 6.07) is 0.767. The van der Waals surface area contributed by atoms with E-state index in [0.717, 1.165) is 29.2 Å². The molecular weight excluding hydrogens is 242 g/mol. The highest BCUT2D eigenvalue weighted by Gasteiger charge is 2.50. The van der Waals surface area contributed by atoms with E-state index in [-0.39, 0.29) is 12.4 Å². The lowest BCUT2D eigenvalue weighted by molar-refractivity contribution is -0.0602. The molecule has 0 spiro atoms. The van der Waals surface area contributed by atoms with E-state index in [0.29, 0.717) is 0 Å². The second kappa shape index (κ2) is 5.32. The van der Waals surface area contributed by atoms with E-state index in [9.17, 15) is 0 Å². The summed E-state index contributed by atoms with van der Waals surface area (Å²) in [5.41, 5.74) is 0.791. The molecule has 4 fully saturated rings. The smallest absolute Gasteiger partial charge is 0.00610 e. The molecule has 0 N–H and O–H groups in total. The van der Waals surface area contributed by atoms with Crippen molar-refractivity contribution in [3.8, 4) is 0 Å². The van der Waals surface area contributed by atoms with E-state index >= 15 is 0 Å². The molecule has 0 aromatic carbocycles. The molecule has 4 aliphatic rings. The quantitative estimate of drug-likeness (QED) is 0.735. The van der Waals surface area contributed by atoms with Gasteiger partial charge in [-0.05, 0) is 95.6 Å². The van der Waals surface area contributed by atoms with Gasteiger partial charge in [0.1, 0.15) is 0 Å². The van der Waals surface area contributed by atoms with Gasteiger partial charge in [-0.25, -0.2) is 0 Å². The van der Waals surface area contributed by atoms with Gasteiger partial charge in [-0.1, -0.05) is 0 Å². The van der Waals surface area contributed by atoms with Crippen LogP contribution in [0.15, 0.2) is 0 Å². The number of nitrogens with zero attached hydrogens (tertiary/aromatic N) is 1. The van der Waals surface area contributed by atoms with E-state index in [1.165, 1.54) is 12.8 Å². The Morgan fingerprint density at radius 2 is 1.44 bits per heavy atom. The minimum absolute atomic E-state index is 0. The summed E-state index contributed by atoms with van der Waals surface area (Å²) >= 11 is 0. The van der Waals surface area contributed by atoms with Gasteiger partial charge in [-0.15, -0.1) is 12.4 Å². The maximum Gasteiger partial charge on any atom is 0.00610 e. The SMILES string of the molecule is CC(CCC12CC3CC(CC(C3)C1)C2)N(C)C.Cl. The van der Waals surface area contributed by atoms with Crippen LogP contribution in [-0.4, -0.2) is 25.0 Å². The highest BCUT2D eigenvalue weighted by Crippen LogP contribution is 2.61. The zero-order valence-electron chi connectivity index (χ0n) is 12.3. The summed E-state index contributed by atoms with van der Waals surface area (Å²) in [5, 5.41) is 0. The van der Waals surface area contributed by atoms with Crippen molar-refractivity contribution in [3.63, 3.8) is 0 Å². The van der Waals surface area contributed by atoms with Crippen LogP contribution in [0.25, 0.3) is 0 Å². The lowest BCUT2D eigenvalue weighted by atomic mass is 9.48. The van der Waals surface area contributed by atoms with Gasteiger partial charge in [0.05, 0.1) is 0 Å². The summed E-state index contributed by atoms with van der Waals surface area (Å²) in [6.07, 6.45) is 12.4. The van der Waals surface area contributed by atoms with Crippen molar-refractivity contribution in [1.82, 2.24) is 4.90 Å². The van der Waals surface area contributed by atoms with Crippen molar-refractivity contribution >= 4 is 12.4 Å². The van der Waals surface area contributed by atoms with E-state index < -0.39 is 0 Å². The van der Waals surface area contributed by atoms with Crippen LogP contribution in [-0.2, 0) is 0 Å². The first-order chi connectivity index (χ1) is 8.06. The molecule has 18 heavy (non-hydrogen) atoms. The summed E-state index contributed by atoms with van der Waals surface area (Å²) in [4.78, 5) is 2.39.